The molecule has 66 valence electrons. The Bertz CT molecular complexity index is 293. The van der Waals surface area contributed by atoms with Crippen LogP contribution in [0.3, 0.4) is 0 Å². The average Bonchev–Trinajstić information content (AvgIpc) is 2.17. The molecule has 0 bridgehead atoms. The molecule has 3 nitrogen and oxygen atoms in total. The number of nitrogens with zero attached hydrogens (tertiary/aromatic N) is 1. The lowest BCUT2D eigenvalue weighted by molar-refractivity contribution is 0.383. The molecule has 1 atom stereocenters. The highest BCUT2D eigenvalue weighted by molar-refractivity contribution is 14.1. The fourth-order valence-corrected chi connectivity index (χ4v) is 2.68. The molecule has 12 heavy (non-hydrogen) atoms. The van der Waals surface area contributed by atoms with Gasteiger partial charge < -0.3 is 10.2 Å². The third-order valence-electron chi connectivity index (χ3n) is 1.38. The fourth-order valence-electron chi connectivity index (χ4n) is 0.760. The van der Waals surface area contributed by atoms with Crippen LogP contribution in [0.25, 0.3) is 0 Å². The SMILES string of the molecule is Cn1c(O)cc(SB(P)I)c1O. The van der Waals surface area contributed by atoms with E-state index >= 15 is 0 Å². The predicted molar refractivity (Wildman–Crippen MR) is 64.1 cm³/mol. The summed E-state index contributed by atoms with van der Waals surface area (Å²) in [6.07, 6.45) is 0. The third kappa shape index (κ3) is 2.23. The van der Waals surface area contributed by atoms with Gasteiger partial charge in [-0.1, -0.05) is 0 Å². The Kier molecular flexibility index (Phi) is 3.61. The van der Waals surface area contributed by atoms with Crippen LogP contribution in [0.5, 0.6) is 11.8 Å². The second kappa shape index (κ2) is 4.11. The number of halogens is 1. The summed E-state index contributed by atoms with van der Waals surface area (Å²) < 4.78 is 1.63. The first-order valence-electron chi connectivity index (χ1n) is 3.16. The van der Waals surface area contributed by atoms with E-state index in [2.05, 4.69) is 31.5 Å². The lowest BCUT2D eigenvalue weighted by Crippen LogP contribution is -1.85. The van der Waals surface area contributed by atoms with Crippen molar-refractivity contribution in [3.8, 4) is 11.8 Å². The van der Waals surface area contributed by atoms with E-state index < -0.39 is 0 Å². The van der Waals surface area contributed by atoms with Gasteiger partial charge in [-0.05, 0) is 0 Å². The first-order valence-corrected chi connectivity index (χ1v) is 5.95. The van der Waals surface area contributed by atoms with Crippen molar-refractivity contribution in [2.45, 2.75) is 4.90 Å². The molecule has 0 radical (unpaired) electrons. The molecule has 1 aromatic heterocycles. The molecule has 7 heteroatoms. The molecule has 0 aliphatic carbocycles. The topological polar surface area (TPSA) is 45.4 Å². The standard InChI is InChI=1S/C5H8BINO2PS/c1-8-4(9)2-3(5(8)10)12-6(7)11/h2,9-10H,11H2,1H3. The van der Waals surface area contributed by atoms with E-state index in [1.54, 1.807) is 13.1 Å². The molecule has 0 amide bonds. The van der Waals surface area contributed by atoms with Gasteiger partial charge in [-0.25, -0.2) is 0 Å². The Morgan fingerprint density at radius 3 is 2.58 bits per heavy atom. The van der Waals surface area contributed by atoms with Crippen molar-refractivity contribution in [3.05, 3.63) is 6.07 Å². The highest BCUT2D eigenvalue weighted by Crippen LogP contribution is 2.38. The Balaban J connectivity index is 2.93. The third-order valence-corrected chi connectivity index (χ3v) is 3.33. The minimum atomic E-state index is 0.0806. The summed E-state index contributed by atoms with van der Waals surface area (Å²) in [5, 5.41) is 18.7. The predicted octanol–water partition coefficient (Wildman–Crippen LogP) is 1.82. The largest absolute Gasteiger partial charge is 0.494 e. The minimum Gasteiger partial charge on any atom is -0.494 e. The van der Waals surface area contributed by atoms with Gasteiger partial charge in [0.1, 0.15) is 0 Å². The van der Waals surface area contributed by atoms with Gasteiger partial charge in [0.2, 0.25) is 5.88 Å². The van der Waals surface area contributed by atoms with Crippen LogP contribution < -0.4 is 0 Å². The molecular weight excluding hydrogens is 307 g/mol. The summed E-state index contributed by atoms with van der Waals surface area (Å²) in [5.74, 6) is 0.193. The highest BCUT2D eigenvalue weighted by atomic mass is 127. The van der Waals surface area contributed by atoms with Crippen LogP contribution in [-0.4, -0.2) is 18.3 Å². The first-order chi connectivity index (χ1) is 5.52. The number of aromatic nitrogens is 1. The second-order valence-corrected chi connectivity index (χ2v) is 8.10. The normalized spacial score (nSPS) is 10.2. The van der Waals surface area contributed by atoms with Crippen molar-refractivity contribution < 1.29 is 10.2 Å². The van der Waals surface area contributed by atoms with Gasteiger partial charge in [-0.15, -0.1) is 31.5 Å². The number of hydrogen-bond acceptors (Lipinski definition) is 3. The summed E-state index contributed by atoms with van der Waals surface area (Å²) in [6.45, 7) is 0. The van der Waals surface area contributed by atoms with Crippen molar-refractivity contribution in [1.82, 2.24) is 4.57 Å². The van der Waals surface area contributed by atoms with Crippen LogP contribution in [-0.2, 0) is 7.05 Å². The van der Waals surface area contributed by atoms with Gasteiger partial charge in [-0.2, -0.15) is 11.6 Å². The maximum Gasteiger partial charge on any atom is 0.307 e. The van der Waals surface area contributed by atoms with E-state index in [0.29, 0.717) is 4.90 Å². The second-order valence-electron chi connectivity index (χ2n) is 2.22. The van der Waals surface area contributed by atoms with E-state index in [4.69, 9.17) is 0 Å². The summed E-state index contributed by atoms with van der Waals surface area (Å²) >= 11 is 3.69. The van der Waals surface area contributed by atoms with Gasteiger partial charge in [0.25, 0.3) is 0 Å². The summed E-state index contributed by atoms with van der Waals surface area (Å²) in [6, 6.07) is 1.55. The molecular formula is C5H8BINO2PS. The van der Waals surface area contributed by atoms with Crippen molar-refractivity contribution in [1.29, 1.82) is 0 Å². The lowest BCUT2D eigenvalue weighted by atomic mass is 10.6. The molecule has 2 N–H and O–H groups in total. The molecule has 0 fully saturated rings. The molecule has 0 saturated heterocycles. The van der Waals surface area contributed by atoms with Gasteiger partial charge in [0.15, 0.2) is 5.88 Å². The monoisotopic (exact) mass is 315 g/mol. The lowest BCUT2D eigenvalue weighted by Gasteiger charge is -1.99. The molecule has 1 unspecified atom stereocenters. The van der Waals surface area contributed by atoms with Crippen molar-refractivity contribution in [2.75, 3.05) is 0 Å². The van der Waals surface area contributed by atoms with E-state index in [1.807, 2.05) is 0 Å². The number of rotatable bonds is 2. The highest BCUT2D eigenvalue weighted by Gasteiger charge is 2.14. The average molecular weight is 315 g/mol. The Labute approximate surface area is 90.9 Å². The Hall–Kier alpha value is 0.455. The van der Waals surface area contributed by atoms with Crippen LogP contribution in [0.4, 0.5) is 0 Å². The fraction of sp³-hybridized carbons (Fsp3) is 0.200. The number of hydrogen-bond donors (Lipinski definition) is 2. The zero-order valence-corrected chi connectivity index (χ0v) is 10.5. The van der Waals surface area contributed by atoms with Crippen LogP contribution in [0, 0.1) is 0 Å². The molecule has 0 aromatic carbocycles. The van der Waals surface area contributed by atoms with Gasteiger partial charge >= 0.3 is 3.57 Å². The van der Waals surface area contributed by atoms with Crippen molar-refractivity contribution in [3.63, 3.8) is 0 Å². The number of aromatic hydroxyl groups is 2. The minimum absolute atomic E-state index is 0.0806. The first kappa shape index (κ1) is 10.5. The van der Waals surface area contributed by atoms with Crippen molar-refractivity contribution >= 4 is 46.7 Å². The molecule has 0 spiro atoms. The van der Waals surface area contributed by atoms with Gasteiger partial charge in [0.05, 0.1) is 4.90 Å². The summed E-state index contributed by atoms with van der Waals surface area (Å²) in [5.41, 5.74) is 0. The smallest absolute Gasteiger partial charge is 0.307 e. The van der Waals surface area contributed by atoms with E-state index in [9.17, 15) is 10.2 Å². The van der Waals surface area contributed by atoms with E-state index in [1.165, 1.54) is 16.2 Å². The van der Waals surface area contributed by atoms with Gasteiger partial charge in [-0.3, -0.25) is 4.57 Å². The molecule has 1 rings (SSSR count). The Morgan fingerprint density at radius 2 is 2.25 bits per heavy atom. The molecule has 0 aliphatic heterocycles. The van der Waals surface area contributed by atoms with Crippen LogP contribution >= 0.6 is 43.1 Å². The van der Waals surface area contributed by atoms with E-state index in [-0.39, 0.29) is 15.3 Å². The van der Waals surface area contributed by atoms with Crippen LogP contribution in [0.15, 0.2) is 11.0 Å². The maximum atomic E-state index is 9.44. The maximum absolute atomic E-state index is 9.44. The molecule has 1 heterocycles. The van der Waals surface area contributed by atoms with Crippen LogP contribution in [0.1, 0.15) is 0 Å². The van der Waals surface area contributed by atoms with E-state index in [0.717, 1.165) is 0 Å². The van der Waals surface area contributed by atoms with Gasteiger partial charge in [0, 0.05) is 13.1 Å². The Morgan fingerprint density at radius 1 is 1.67 bits per heavy atom. The molecule has 0 saturated carbocycles. The summed E-state index contributed by atoms with van der Waals surface area (Å²) in [4.78, 5) is 0.699. The van der Waals surface area contributed by atoms with Crippen LogP contribution in [0.2, 0.25) is 0 Å². The molecule has 1 aromatic rings. The zero-order chi connectivity index (χ0) is 9.30. The molecule has 0 aliphatic rings. The zero-order valence-electron chi connectivity index (χ0n) is 6.36. The quantitative estimate of drug-likeness (QED) is 0.497. The summed E-state index contributed by atoms with van der Waals surface area (Å²) in [7, 11) is 4.21. The van der Waals surface area contributed by atoms with Crippen molar-refractivity contribution in [2.24, 2.45) is 7.05 Å².